The highest BCUT2D eigenvalue weighted by Crippen LogP contribution is 2.43. The molecule has 0 aromatic heterocycles. The Labute approximate surface area is 225 Å². The van der Waals surface area contributed by atoms with Crippen molar-refractivity contribution in [2.45, 2.75) is 129 Å². The van der Waals surface area contributed by atoms with Gasteiger partial charge in [-0.2, -0.15) is 0 Å². The fourth-order valence-corrected chi connectivity index (χ4v) is 4.63. The number of hydrogen-bond donors (Lipinski definition) is 1. The minimum atomic E-state index is -0.577. The number of benzene rings is 1. The fraction of sp³-hybridized carbons (Fsp3) is 0.742. The van der Waals surface area contributed by atoms with Crippen LogP contribution in [-0.2, 0) is 29.9 Å². The summed E-state index contributed by atoms with van der Waals surface area (Å²) in [5.41, 5.74) is 0.572. The zero-order valence-corrected chi connectivity index (χ0v) is 24.5. The molecule has 0 bridgehead atoms. The third-order valence-electron chi connectivity index (χ3n) is 7.07. The molecule has 212 valence electrons. The molecule has 0 radical (unpaired) electrons. The second-order valence-electron chi connectivity index (χ2n) is 11.4. The third-order valence-corrected chi connectivity index (χ3v) is 7.07. The van der Waals surface area contributed by atoms with Gasteiger partial charge in [0, 0.05) is 23.0 Å². The van der Waals surface area contributed by atoms with Crippen molar-refractivity contribution in [3.63, 3.8) is 0 Å². The van der Waals surface area contributed by atoms with Gasteiger partial charge in [0.15, 0.2) is 0 Å². The number of ether oxygens (including phenoxy) is 3. The second kappa shape index (κ2) is 16.6. The Bertz CT molecular complexity index is 827. The lowest BCUT2D eigenvalue weighted by Crippen LogP contribution is -2.25. The molecule has 1 N–H and O–H groups in total. The smallest absolute Gasteiger partial charge is 0.306 e. The maximum Gasteiger partial charge on any atom is 0.306 e. The van der Waals surface area contributed by atoms with Crippen LogP contribution in [0, 0.1) is 0 Å². The number of hydrogen-bond acceptors (Lipinski definition) is 6. The van der Waals surface area contributed by atoms with Gasteiger partial charge in [0.25, 0.3) is 0 Å². The number of carbonyl (C=O) groups is 2. The van der Waals surface area contributed by atoms with Crippen molar-refractivity contribution in [2.24, 2.45) is 0 Å². The lowest BCUT2D eigenvalue weighted by Gasteiger charge is -2.31. The molecule has 6 nitrogen and oxygen atoms in total. The van der Waals surface area contributed by atoms with Crippen LogP contribution in [0.25, 0.3) is 0 Å². The standard InChI is InChI=1S/C31H52O6/c1-8-10-12-14-19-36-28(33)17-16-18-30(3,4)24-22-27(35-7)25(21-26(24)32)31(5,6)23-29(34)37-20-15-13-11-9-2/h21-22,32H,8-20,23H2,1-7H3. The molecule has 0 atom stereocenters. The van der Waals surface area contributed by atoms with E-state index in [1.54, 1.807) is 13.2 Å². The molecule has 0 unspecified atom stereocenters. The minimum Gasteiger partial charge on any atom is -0.508 e. The van der Waals surface area contributed by atoms with Crippen molar-refractivity contribution in [2.75, 3.05) is 20.3 Å². The van der Waals surface area contributed by atoms with Crippen LogP contribution in [0.4, 0.5) is 0 Å². The molecular formula is C31H52O6. The van der Waals surface area contributed by atoms with E-state index in [1.165, 1.54) is 0 Å². The van der Waals surface area contributed by atoms with E-state index in [9.17, 15) is 14.7 Å². The van der Waals surface area contributed by atoms with E-state index in [2.05, 4.69) is 27.7 Å². The van der Waals surface area contributed by atoms with E-state index in [1.807, 2.05) is 19.9 Å². The van der Waals surface area contributed by atoms with Crippen molar-refractivity contribution in [3.8, 4) is 11.5 Å². The predicted molar refractivity (Wildman–Crippen MR) is 149 cm³/mol. The van der Waals surface area contributed by atoms with Gasteiger partial charge in [0.2, 0.25) is 0 Å². The summed E-state index contributed by atoms with van der Waals surface area (Å²) in [6.07, 6.45) is 10.5. The van der Waals surface area contributed by atoms with Crippen LogP contribution in [0.15, 0.2) is 12.1 Å². The number of phenolic OH excluding ortho intramolecular Hbond substituents is 1. The number of aromatic hydroxyl groups is 1. The number of rotatable bonds is 19. The quantitative estimate of drug-likeness (QED) is 0.148. The summed E-state index contributed by atoms with van der Waals surface area (Å²) >= 11 is 0. The average Bonchev–Trinajstić information content (AvgIpc) is 2.83. The van der Waals surface area contributed by atoms with Gasteiger partial charge in [-0.3, -0.25) is 9.59 Å². The molecule has 0 aliphatic carbocycles. The lowest BCUT2D eigenvalue weighted by atomic mass is 9.76. The first-order valence-corrected chi connectivity index (χ1v) is 14.2. The summed E-state index contributed by atoms with van der Waals surface area (Å²) in [6.45, 7) is 13.3. The van der Waals surface area contributed by atoms with Crippen LogP contribution in [0.2, 0.25) is 0 Å². The first kappa shape index (κ1) is 32.8. The summed E-state index contributed by atoms with van der Waals surface area (Å²) in [6, 6.07) is 3.59. The number of phenols is 1. The van der Waals surface area contributed by atoms with Gasteiger partial charge in [-0.15, -0.1) is 0 Å². The molecule has 1 aromatic carbocycles. The SMILES string of the molecule is CCCCCCOC(=O)CCCC(C)(C)c1cc(OC)c(C(C)(C)CC(=O)OCCCCCC)cc1O. The molecule has 0 spiro atoms. The highest BCUT2D eigenvalue weighted by molar-refractivity contribution is 5.72. The van der Waals surface area contributed by atoms with Gasteiger partial charge >= 0.3 is 11.9 Å². The van der Waals surface area contributed by atoms with Gasteiger partial charge in [-0.05, 0) is 43.2 Å². The van der Waals surface area contributed by atoms with Crippen LogP contribution in [0.5, 0.6) is 11.5 Å². The van der Waals surface area contributed by atoms with Crippen LogP contribution in [0.1, 0.15) is 130 Å². The van der Waals surface area contributed by atoms with E-state index in [0.717, 1.165) is 62.5 Å². The summed E-state index contributed by atoms with van der Waals surface area (Å²) in [7, 11) is 1.60. The highest BCUT2D eigenvalue weighted by Gasteiger charge is 2.32. The molecule has 1 aromatic rings. The van der Waals surface area contributed by atoms with E-state index in [4.69, 9.17) is 14.2 Å². The topological polar surface area (TPSA) is 82.1 Å². The Morgan fingerprint density at radius 1 is 0.757 bits per heavy atom. The number of unbranched alkanes of at least 4 members (excludes halogenated alkanes) is 6. The van der Waals surface area contributed by atoms with E-state index in [-0.39, 0.29) is 29.5 Å². The zero-order chi connectivity index (χ0) is 27.9. The number of esters is 2. The molecule has 0 saturated carbocycles. The normalized spacial score (nSPS) is 11.9. The minimum absolute atomic E-state index is 0.163. The Morgan fingerprint density at radius 3 is 1.86 bits per heavy atom. The van der Waals surface area contributed by atoms with Gasteiger partial charge in [0.1, 0.15) is 11.5 Å². The van der Waals surface area contributed by atoms with Gasteiger partial charge in [-0.1, -0.05) is 80.1 Å². The second-order valence-corrected chi connectivity index (χ2v) is 11.4. The number of carbonyl (C=O) groups excluding carboxylic acids is 2. The largest absolute Gasteiger partial charge is 0.508 e. The molecule has 0 fully saturated rings. The monoisotopic (exact) mass is 520 g/mol. The van der Waals surface area contributed by atoms with Crippen molar-refractivity contribution in [1.82, 2.24) is 0 Å². The van der Waals surface area contributed by atoms with E-state index in [0.29, 0.717) is 38.2 Å². The van der Waals surface area contributed by atoms with E-state index >= 15 is 0 Å². The average molecular weight is 521 g/mol. The van der Waals surface area contributed by atoms with Crippen LogP contribution >= 0.6 is 0 Å². The predicted octanol–water partition coefficient (Wildman–Crippen LogP) is 7.76. The summed E-state index contributed by atoms with van der Waals surface area (Å²) in [4.78, 5) is 24.6. The Balaban J connectivity index is 2.79. The number of methoxy groups -OCH3 is 1. The molecular weight excluding hydrogens is 468 g/mol. The molecule has 0 aliphatic heterocycles. The van der Waals surface area contributed by atoms with Crippen molar-refractivity contribution >= 4 is 11.9 Å². The fourth-order valence-electron chi connectivity index (χ4n) is 4.63. The Morgan fingerprint density at radius 2 is 1.32 bits per heavy atom. The Hall–Kier alpha value is -2.24. The summed E-state index contributed by atoms with van der Waals surface area (Å²) < 4.78 is 16.5. The van der Waals surface area contributed by atoms with Crippen LogP contribution in [0.3, 0.4) is 0 Å². The van der Waals surface area contributed by atoms with Gasteiger partial charge < -0.3 is 19.3 Å². The Kier molecular flexibility index (Phi) is 14.7. The van der Waals surface area contributed by atoms with Crippen molar-refractivity contribution in [3.05, 3.63) is 23.3 Å². The van der Waals surface area contributed by atoms with Crippen molar-refractivity contribution in [1.29, 1.82) is 0 Å². The lowest BCUT2D eigenvalue weighted by molar-refractivity contribution is -0.145. The van der Waals surface area contributed by atoms with E-state index < -0.39 is 5.41 Å². The van der Waals surface area contributed by atoms with Crippen LogP contribution < -0.4 is 4.74 Å². The first-order valence-electron chi connectivity index (χ1n) is 14.2. The maximum atomic E-state index is 12.5. The van der Waals surface area contributed by atoms with Crippen molar-refractivity contribution < 1.29 is 28.9 Å². The molecule has 0 heterocycles. The van der Waals surface area contributed by atoms with Gasteiger partial charge in [-0.25, -0.2) is 0 Å². The summed E-state index contributed by atoms with van der Waals surface area (Å²) in [5, 5.41) is 11.0. The molecule has 0 amide bonds. The third kappa shape index (κ3) is 11.8. The molecule has 37 heavy (non-hydrogen) atoms. The highest BCUT2D eigenvalue weighted by atomic mass is 16.5. The maximum absolute atomic E-state index is 12.5. The molecule has 1 rings (SSSR count). The molecule has 6 heteroatoms. The van der Waals surface area contributed by atoms with Gasteiger partial charge in [0.05, 0.1) is 26.7 Å². The first-order chi connectivity index (χ1) is 17.5. The molecule has 0 aliphatic rings. The molecule has 0 saturated heterocycles. The van der Waals surface area contributed by atoms with Crippen LogP contribution in [-0.4, -0.2) is 37.4 Å². The zero-order valence-electron chi connectivity index (χ0n) is 24.5. The summed E-state index contributed by atoms with van der Waals surface area (Å²) in [5.74, 6) is 0.390.